The highest BCUT2D eigenvalue weighted by Gasteiger charge is 2.14. The van der Waals surface area contributed by atoms with Gasteiger partial charge in [0.25, 0.3) is 0 Å². The zero-order chi connectivity index (χ0) is 20.4. The number of ether oxygens (including phenoxy) is 1. The lowest BCUT2D eigenvalue weighted by atomic mass is 9.96. The summed E-state index contributed by atoms with van der Waals surface area (Å²) >= 11 is 0. The summed E-state index contributed by atoms with van der Waals surface area (Å²) in [5.41, 5.74) is 5.53. The Bertz CT molecular complexity index is 782. The van der Waals surface area contributed by atoms with Crippen LogP contribution in [0, 0.1) is 5.92 Å². The van der Waals surface area contributed by atoms with Gasteiger partial charge >= 0.3 is 0 Å². The molecule has 0 radical (unpaired) electrons. The average Bonchev–Trinajstić information content (AvgIpc) is 2.72. The molecule has 0 amide bonds. The standard InChI is InChI=1S/C23H29NO4/c1-17(2)18(16-22(27)20-10-5-6-13-24-20)8-7-11-21(26)19-9-3-4-12-23(19)28-15-14-25/h3-7,9-10,12-13,17,21-22,25-27H,11,14-16H2,1-2H3/t8?,21-,22-/m0/s1. The summed E-state index contributed by atoms with van der Waals surface area (Å²) in [5, 5.41) is 29.9. The highest BCUT2D eigenvalue weighted by Crippen LogP contribution is 2.28. The predicted octanol–water partition coefficient (Wildman–Crippen LogP) is 3.74. The van der Waals surface area contributed by atoms with E-state index < -0.39 is 12.2 Å². The van der Waals surface area contributed by atoms with E-state index in [1.165, 1.54) is 0 Å². The topological polar surface area (TPSA) is 82.8 Å². The van der Waals surface area contributed by atoms with Crippen LogP contribution in [0.5, 0.6) is 5.75 Å². The van der Waals surface area contributed by atoms with Gasteiger partial charge in [-0.1, -0.05) is 38.1 Å². The maximum absolute atomic E-state index is 10.5. The molecule has 2 rings (SSSR count). The van der Waals surface area contributed by atoms with Gasteiger partial charge in [-0.3, -0.25) is 4.98 Å². The molecule has 0 aliphatic heterocycles. The summed E-state index contributed by atoms with van der Waals surface area (Å²) in [6.45, 7) is 4.21. The van der Waals surface area contributed by atoms with Crippen LogP contribution in [0.15, 0.2) is 66.0 Å². The minimum atomic E-state index is -0.739. The van der Waals surface area contributed by atoms with Gasteiger partial charge in [0.05, 0.1) is 18.4 Å². The molecule has 3 N–H and O–H groups in total. The maximum atomic E-state index is 10.5. The monoisotopic (exact) mass is 383 g/mol. The Balaban J connectivity index is 2.09. The van der Waals surface area contributed by atoms with E-state index >= 15 is 0 Å². The average molecular weight is 383 g/mol. The summed E-state index contributed by atoms with van der Waals surface area (Å²) in [6, 6.07) is 12.7. The van der Waals surface area contributed by atoms with Crippen molar-refractivity contribution in [3.8, 4) is 5.75 Å². The highest BCUT2D eigenvalue weighted by molar-refractivity contribution is 5.35. The van der Waals surface area contributed by atoms with Crippen molar-refractivity contribution in [3.05, 3.63) is 77.3 Å². The Morgan fingerprint density at radius 3 is 2.54 bits per heavy atom. The van der Waals surface area contributed by atoms with E-state index in [4.69, 9.17) is 9.84 Å². The summed E-state index contributed by atoms with van der Waals surface area (Å²) in [4.78, 5) is 4.20. The number of aliphatic hydroxyl groups excluding tert-OH is 3. The molecule has 0 unspecified atom stereocenters. The van der Waals surface area contributed by atoms with Crippen molar-refractivity contribution in [3.63, 3.8) is 0 Å². The van der Waals surface area contributed by atoms with Crippen LogP contribution in [0.3, 0.4) is 0 Å². The minimum absolute atomic E-state index is 0.0799. The molecule has 0 saturated carbocycles. The Hall–Kier alpha value is -2.43. The van der Waals surface area contributed by atoms with Gasteiger partial charge in [0, 0.05) is 24.6 Å². The van der Waals surface area contributed by atoms with Gasteiger partial charge in [-0.15, -0.1) is 5.73 Å². The van der Waals surface area contributed by atoms with E-state index in [9.17, 15) is 10.2 Å². The van der Waals surface area contributed by atoms with Crippen molar-refractivity contribution in [2.24, 2.45) is 5.92 Å². The first-order valence-electron chi connectivity index (χ1n) is 9.56. The molecule has 0 fully saturated rings. The molecule has 5 heteroatoms. The number of rotatable bonds is 10. The largest absolute Gasteiger partial charge is 0.491 e. The van der Waals surface area contributed by atoms with Crippen molar-refractivity contribution in [1.82, 2.24) is 4.98 Å². The molecule has 2 atom stereocenters. The van der Waals surface area contributed by atoms with Crippen molar-refractivity contribution >= 4 is 0 Å². The molecule has 0 aliphatic rings. The molecule has 28 heavy (non-hydrogen) atoms. The molecular weight excluding hydrogens is 354 g/mol. The van der Waals surface area contributed by atoms with Crippen LogP contribution in [0.1, 0.15) is 50.2 Å². The first kappa shape index (κ1) is 21.9. The second kappa shape index (κ2) is 11.4. The van der Waals surface area contributed by atoms with Crippen LogP contribution in [-0.4, -0.2) is 33.5 Å². The number of benzene rings is 1. The van der Waals surface area contributed by atoms with Crippen LogP contribution in [0.4, 0.5) is 0 Å². The zero-order valence-corrected chi connectivity index (χ0v) is 16.5. The van der Waals surface area contributed by atoms with Crippen LogP contribution in [0.25, 0.3) is 0 Å². The Morgan fingerprint density at radius 2 is 1.86 bits per heavy atom. The van der Waals surface area contributed by atoms with Crippen LogP contribution >= 0.6 is 0 Å². The molecule has 0 saturated heterocycles. The maximum Gasteiger partial charge on any atom is 0.125 e. The molecule has 1 aromatic heterocycles. The van der Waals surface area contributed by atoms with Gasteiger partial charge in [-0.05, 0) is 35.8 Å². The van der Waals surface area contributed by atoms with E-state index in [1.807, 2.05) is 30.3 Å². The zero-order valence-electron chi connectivity index (χ0n) is 16.5. The minimum Gasteiger partial charge on any atom is -0.491 e. The smallest absolute Gasteiger partial charge is 0.125 e. The van der Waals surface area contributed by atoms with Crippen molar-refractivity contribution in [2.75, 3.05) is 13.2 Å². The molecule has 0 bridgehead atoms. The first-order chi connectivity index (χ1) is 13.5. The third-order valence-electron chi connectivity index (χ3n) is 4.39. The molecule has 0 aliphatic carbocycles. The van der Waals surface area contributed by atoms with Crippen LogP contribution in [0.2, 0.25) is 0 Å². The van der Waals surface area contributed by atoms with E-state index in [2.05, 4.69) is 24.6 Å². The SMILES string of the molecule is CC(C)C(=C=CC[C@H](O)c1ccccc1OCCO)C[C@H](O)c1ccccn1. The Kier molecular flexibility index (Phi) is 8.92. The highest BCUT2D eigenvalue weighted by atomic mass is 16.5. The Morgan fingerprint density at radius 1 is 1.11 bits per heavy atom. The van der Waals surface area contributed by atoms with Crippen molar-refractivity contribution in [2.45, 2.75) is 38.9 Å². The second-order valence-electron chi connectivity index (χ2n) is 6.86. The fraction of sp³-hybridized carbons (Fsp3) is 0.391. The normalized spacial score (nSPS) is 12.9. The molecule has 150 valence electrons. The molecule has 0 spiro atoms. The lowest BCUT2D eigenvalue weighted by Crippen LogP contribution is -2.06. The third-order valence-corrected chi connectivity index (χ3v) is 4.39. The predicted molar refractivity (Wildman–Crippen MR) is 109 cm³/mol. The number of aliphatic hydroxyl groups is 3. The Labute approximate surface area is 166 Å². The molecular formula is C23H29NO4. The van der Waals surface area contributed by atoms with Gasteiger partial charge in [-0.25, -0.2) is 0 Å². The number of pyridine rings is 1. The van der Waals surface area contributed by atoms with Gasteiger partial charge < -0.3 is 20.1 Å². The summed E-state index contributed by atoms with van der Waals surface area (Å²) < 4.78 is 5.49. The third kappa shape index (κ3) is 6.63. The molecule has 1 heterocycles. The quantitative estimate of drug-likeness (QED) is 0.545. The lowest BCUT2D eigenvalue weighted by molar-refractivity contribution is 0.166. The van der Waals surface area contributed by atoms with Gasteiger partial charge in [0.2, 0.25) is 0 Å². The lowest BCUT2D eigenvalue weighted by Gasteiger charge is -2.15. The van der Waals surface area contributed by atoms with E-state index in [1.54, 1.807) is 24.4 Å². The number of hydrogen-bond donors (Lipinski definition) is 3. The van der Waals surface area contributed by atoms with Crippen LogP contribution in [-0.2, 0) is 0 Å². The van der Waals surface area contributed by atoms with Crippen molar-refractivity contribution < 1.29 is 20.1 Å². The van der Waals surface area contributed by atoms with E-state index in [0.29, 0.717) is 29.8 Å². The van der Waals surface area contributed by atoms with E-state index in [0.717, 1.165) is 5.57 Å². The number of para-hydroxylation sites is 1. The summed E-state index contributed by atoms with van der Waals surface area (Å²) in [6.07, 6.45) is 2.86. The molecule has 2 aromatic rings. The molecule has 1 aromatic carbocycles. The van der Waals surface area contributed by atoms with Gasteiger partial charge in [0.1, 0.15) is 18.5 Å². The fourth-order valence-electron chi connectivity index (χ4n) is 2.82. The first-order valence-corrected chi connectivity index (χ1v) is 9.56. The molecule has 5 nitrogen and oxygen atoms in total. The summed E-state index contributed by atoms with van der Waals surface area (Å²) in [5.74, 6) is 0.781. The second-order valence-corrected chi connectivity index (χ2v) is 6.86. The number of nitrogens with zero attached hydrogens (tertiary/aromatic N) is 1. The number of aromatic nitrogens is 1. The van der Waals surface area contributed by atoms with Gasteiger partial charge in [-0.2, -0.15) is 0 Å². The van der Waals surface area contributed by atoms with E-state index in [-0.39, 0.29) is 19.1 Å². The summed E-state index contributed by atoms with van der Waals surface area (Å²) in [7, 11) is 0. The van der Waals surface area contributed by atoms with Crippen LogP contribution < -0.4 is 4.74 Å². The van der Waals surface area contributed by atoms with Gasteiger partial charge in [0.15, 0.2) is 0 Å². The number of hydrogen-bond acceptors (Lipinski definition) is 5. The fourth-order valence-corrected chi connectivity index (χ4v) is 2.82. The van der Waals surface area contributed by atoms with Crippen molar-refractivity contribution in [1.29, 1.82) is 0 Å².